The molecule has 0 radical (unpaired) electrons. The zero-order valence-electron chi connectivity index (χ0n) is 13.6. The Morgan fingerprint density at radius 3 is 2.72 bits per heavy atom. The molecule has 0 aromatic heterocycles. The molecule has 5 nitrogen and oxygen atoms in total. The summed E-state index contributed by atoms with van der Waals surface area (Å²) < 4.78 is 23.3. The van der Waals surface area contributed by atoms with Gasteiger partial charge in [-0.05, 0) is 60.7 Å². The average Bonchev–Trinajstić information content (AvgIpc) is 3.06. The van der Waals surface area contributed by atoms with Crippen molar-refractivity contribution in [3.8, 4) is 5.75 Å². The molecule has 0 saturated heterocycles. The Hall–Kier alpha value is -2.89. The average molecular weight is 343 g/mol. The van der Waals surface area contributed by atoms with Crippen molar-refractivity contribution >= 4 is 17.6 Å². The van der Waals surface area contributed by atoms with Crippen LogP contribution in [-0.4, -0.2) is 25.1 Å². The van der Waals surface area contributed by atoms with Crippen molar-refractivity contribution < 1.29 is 23.5 Å². The van der Waals surface area contributed by atoms with Gasteiger partial charge in [0.1, 0.15) is 11.6 Å². The van der Waals surface area contributed by atoms with Gasteiger partial charge in [-0.2, -0.15) is 0 Å². The predicted octanol–water partition coefficient (Wildman–Crippen LogP) is 2.88. The van der Waals surface area contributed by atoms with Crippen LogP contribution in [-0.2, 0) is 27.2 Å². The van der Waals surface area contributed by atoms with E-state index in [0.717, 1.165) is 19.3 Å². The number of carbonyl (C=O) groups is 2. The largest absolute Gasteiger partial charge is 0.482 e. The molecule has 0 spiro atoms. The summed E-state index contributed by atoms with van der Waals surface area (Å²) in [6.07, 6.45) is 3.25. The summed E-state index contributed by atoms with van der Waals surface area (Å²) >= 11 is 0. The second kappa shape index (κ2) is 7.79. The van der Waals surface area contributed by atoms with Crippen LogP contribution in [0.25, 0.3) is 0 Å². The first kappa shape index (κ1) is 17.0. The van der Waals surface area contributed by atoms with Crippen LogP contribution in [0.2, 0.25) is 0 Å². The van der Waals surface area contributed by atoms with Gasteiger partial charge in [-0.1, -0.05) is 12.1 Å². The van der Waals surface area contributed by atoms with Crippen LogP contribution in [0.15, 0.2) is 42.5 Å². The molecule has 1 N–H and O–H groups in total. The maximum atomic E-state index is 13.0. The molecule has 0 saturated carbocycles. The summed E-state index contributed by atoms with van der Waals surface area (Å²) in [5, 5.41) is 2.44. The van der Waals surface area contributed by atoms with Crippen LogP contribution in [0.3, 0.4) is 0 Å². The van der Waals surface area contributed by atoms with Gasteiger partial charge in [-0.3, -0.25) is 4.79 Å². The Balaban J connectivity index is 1.41. The number of halogens is 1. The molecule has 2 aromatic rings. The van der Waals surface area contributed by atoms with Crippen molar-refractivity contribution in [2.75, 3.05) is 18.5 Å². The van der Waals surface area contributed by atoms with Crippen molar-refractivity contribution in [2.45, 2.75) is 19.3 Å². The van der Waals surface area contributed by atoms with Crippen LogP contribution in [0.5, 0.6) is 5.75 Å². The van der Waals surface area contributed by atoms with Crippen LogP contribution in [0.1, 0.15) is 17.5 Å². The van der Waals surface area contributed by atoms with Crippen LogP contribution >= 0.6 is 0 Å². The van der Waals surface area contributed by atoms with Gasteiger partial charge in [0.05, 0.1) is 0 Å². The fourth-order valence-corrected chi connectivity index (χ4v) is 2.73. The first-order valence-electron chi connectivity index (χ1n) is 8.06. The molecule has 25 heavy (non-hydrogen) atoms. The topological polar surface area (TPSA) is 64.6 Å². The highest BCUT2D eigenvalue weighted by atomic mass is 19.1. The molecule has 3 rings (SSSR count). The normalized spacial score (nSPS) is 12.4. The number of aryl methyl sites for hydroxylation is 2. The Labute approximate surface area is 144 Å². The molecular weight excluding hydrogens is 325 g/mol. The highest BCUT2D eigenvalue weighted by Gasteiger charge is 2.13. The minimum Gasteiger partial charge on any atom is -0.482 e. The molecule has 0 unspecified atom stereocenters. The number of anilines is 1. The van der Waals surface area contributed by atoms with Gasteiger partial charge >= 0.3 is 5.97 Å². The Morgan fingerprint density at radius 2 is 1.88 bits per heavy atom. The molecule has 6 heteroatoms. The predicted molar refractivity (Wildman–Crippen MR) is 90.0 cm³/mol. The van der Waals surface area contributed by atoms with E-state index in [0.29, 0.717) is 11.4 Å². The van der Waals surface area contributed by atoms with Gasteiger partial charge < -0.3 is 14.8 Å². The maximum absolute atomic E-state index is 13.0. The number of benzene rings is 2. The molecular formula is C19H18FNO4. The lowest BCUT2D eigenvalue weighted by molar-refractivity contribution is -0.149. The number of hydrogen-bond acceptors (Lipinski definition) is 4. The lowest BCUT2D eigenvalue weighted by atomic mass is 10.1. The molecule has 1 aliphatic carbocycles. The van der Waals surface area contributed by atoms with E-state index in [1.807, 2.05) is 18.2 Å². The molecule has 0 heterocycles. The lowest BCUT2D eigenvalue weighted by Crippen LogP contribution is -2.23. The van der Waals surface area contributed by atoms with Gasteiger partial charge in [-0.25, -0.2) is 9.18 Å². The second-order valence-corrected chi connectivity index (χ2v) is 5.79. The molecule has 130 valence electrons. The molecule has 0 aliphatic heterocycles. The SMILES string of the molecule is O=C(COC(=O)COc1ccc2c(c1)CCC2)Nc1cccc(F)c1. The van der Waals surface area contributed by atoms with E-state index in [9.17, 15) is 14.0 Å². The van der Waals surface area contributed by atoms with Gasteiger partial charge in [0.2, 0.25) is 0 Å². The van der Waals surface area contributed by atoms with E-state index in [-0.39, 0.29) is 6.61 Å². The summed E-state index contributed by atoms with van der Waals surface area (Å²) in [7, 11) is 0. The number of rotatable bonds is 6. The number of hydrogen-bond donors (Lipinski definition) is 1. The summed E-state index contributed by atoms with van der Waals surface area (Å²) in [5.74, 6) is -1.04. The summed E-state index contributed by atoms with van der Waals surface area (Å²) in [5.41, 5.74) is 2.87. The van der Waals surface area contributed by atoms with E-state index in [1.165, 1.54) is 29.3 Å². The Kier molecular flexibility index (Phi) is 5.28. The van der Waals surface area contributed by atoms with E-state index < -0.39 is 24.3 Å². The van der Waals surface area contributed by atoms with E-state index in [2.05, 4.69) is 5.32 Å². The zero-order chi connectivity index (χ0) is 17.6. The fourth-order valence-electron chi connectivity index (χ4n) is 2.73. The third kappa shape index (κ3) is 4.79. The number of carbonyl (C=O) groups excluding carboxylic acids is 2. The summed E-state index contributed by atoms with van der Waals surface area (Å²) in [4.78, 5) is 23.4. The van der Waals surface area contributed by atoms with Crippen LogP contribution < -0.4 is 10.1 Å². The lowest BCUT2D eigenvalue weighted by Gasteiger charge is -2.09. The Morgan fingerprint density at radius 1 is 1.04 bits per heavy atom. The highest BCUT2D eigenvalue weighted by Crippen LogP contribution is 2.25. The van der Waals surface area contributed by atoms with Gasteiger partial charge in [0.25, 0.3) is 5.91 Å². The monoisotopic (exact) mass is 343 g/mol. The third-order valence-electron chi connectivity index (χ3n) is 3.90. The third-order valence-corrected chi connectivity index (χ3v) is 3.90. The Bertz CT molecular complexity index is 791. The van der Waals surface area contributed by atoms with Crippen molar-refractivity contribution in [1.82, 2.24) is 0 Å². The smallest absolute Gasteiger partial charge is 0.344 e. The van der Waals surface area contributed by atoms with Crippen molar-refractivity contribution in [2.24, 2.45) is 0 Å². The number of ether oxygens (including phenoxy) is 2. The molecule has 1 amide bonds. The van der Waals surface area contributed by atoms with Crippen molar-refractivity contribution in [3.05, 3.63) is 59.4 Å². The van der Waals surface area contributed by atoms with Crippen molar-refractivity contribution in [1.29, 1.82) is 0 Å². The van der Waals surface area contributed by atoms with E-state index in [1.54, 1.807) is 6.07 Å². The second-order valence-electron chi connectivity index (χ2n) is 5.79. The molecule has 1 aliphatic rings. The van der Waals surface area contributed by atoms with E-state index in [4.69, 9.17) is 9.47 Å². The summed E-state index contributed by atoms with van der Waals surface area (Å²) in [6.45, 7) is -0.727. The first-order valence-corrected chi connectivity index (χ1v) is 8.06. The number of esters is 1. The molecule has 0 bridgehead atoms. The maximum Gasteiger partial charge on any atom is 0.344 e. The fraction of sp³-hybridized carbons (Fsp3) is 0.263. The molecule has 0 atom stereocenters. The van der Waals surface area contributed by atoms with E-state index >= 15 is 0 Å². The summed E-state index contributed by atoms with van der Waals surface area (Å²) in [6, 6.07) is 11.2. The first-order chi connectivity index (χ1) is 12.1. The van der Waals surface area contributed by atoms with Crippen molar-refractivity contribution in [3.63, 3.8) is 0 Å². The van der Waals surface area contributed by atoms with Gasteiger partial charge in [0, 0.05) is 5.69 Å². The van der Waals surface area contributed by atoms with Gasteiger partial charge in [-0.15, -0.1) is 0 Å². The minimum absolute atomic E-state index is 0.272. The number of fused-ring (bicyclic) bond motifs is 1. The number of nitrogens with one attached hydrogen (secondary N) is 1. The van der Waals surface area contributed by atoms with Crippen LogP contribution in [0, 0.1) is 5.82 Å². The molecule has 0 fully saturated rings. The quantitative estimate of drug-likeness (QED) is 0.819. The highest BCUT2D eigenvalue weighted by molar-refractivity contribution is 5.92. The molecule has 2 aromatic carbocycles. The van der Waals surface area contributed by atoms with Crippen LogP contribution in [0.4, 0.5) is 10.1 Å². The minimum atomic E-state index is -0.644. The standard InChI is InChI=1S/C19H18FNO4/c20-15-5-2-6-16(10-15)21-18(22)11-25-19(23)12-24-17-8-7-13-3-1-4-14(13)9-17/h2,5-10H,1,3-4,11-12H2,(H,21,22). The number of amides is 1. The zero-order valence-corrected chi connectivity index (χ0v) is 13.6. The van der Waals surface area contributed by atoms with Gasteiger partial charge in [0.15, 0.2) is 13.2 Å².